The van der Waals surface area contributed by atoms with E-state index in [9.17, 15) is 0 Å². The van der Waals surface area contributed by atoms with Crippen molar-refractivity contribution in [2.75, 3.05) is 6.54 Å². The highest BCUT2D eigenvalue weighted by Crippen LogP contribution is 2.20. The first kappa shape index (κ1) is 14.2. The summed E-state index contributed by atoms with van der Waals surface area (Å²) >= 11 is 1.71. The van der Waals surface area contributed by atoms with Crippen LogP contribution >= 0.6 is 11.3 Å². The van der Waals surface area contributed by atoms with Crippen molar-refractivity contribution in [3.8, 4) is 0 Å². The molecule has 0 aromatic carbocycles. The van der Waals surface area contributed by atoms with Gasteiger partial charge in [0.2, 0.25) is 0 Å². The van der Waals surface area contributed by atoms with Crippen LogP contribution in [0.5, 0.6) is 0 Å². The molecule has 2 rings (SSSR count). The molecule has 0 fully saturated rings. The average molecular weight is 278 g/mol. The van der Waals surface area contributed by atoms with Gasteiger partial charge in [-0.2, -0.15) is 5.10 Å². The predicted octanol–water partition coefficient (Wildman–Crippen LogP) is 2.87. The van der Waals surface area contributed by atoms with Crippen molar-refractivity contribution in [3.63, 3.8) is 0 Å². The summed E-state index contributed by atoms with van der Waals surface area (Å²) in [7, 11) is 0. The third kappa shape index (κ3) is 3.42. The third-order valence-electron chi connectivity index (χ3n) is 3.12. The van der Waals surface area contributed by atoms with Gasteiger partial charge in [-0.15, -0.1) is 11.3 Å². The van der Waals surface area contributed by atoms with Crippen molar-refractivity contribution in [2.45, 2.75) is 46.7 Å². The van der Waals surface area contributed by atoms with Crippen LogP contribution in [0.2, 0.25) is 0 Å². The van der Waals surface area contributed by atoms with E-state index in [1.807, 2.05) is 6.92 Å². The molecule has 2 heterocycles. The summed E-state index contributed by atoms with van der Waals surface area (Å²) in [6, 6.07) is 2.46. The molecule has 0 radical (unpaired) electrons. The van der Waals surface area contributed by atoms with E-state index in [-0.39, 0.29) is 6.04 Å². The zero-order valence-corrected chi connectivity index (χ0v) is 12.9. The highest BCUT2D eigenvalue weighted by Gasteiger charge is 2.17. The molecule has 0 amide bonds. The lowest BCUT2D eigenvalue weighted by Gasteiger charge is -2.18. The maximum absolute atomic E-state index is 4.57. The Hall–Kier alpha value is -1.20. The fourth-order valence-corrected chi connectivity index (χ4v) is 2.96. The molecule has 2 aromatic rings. The van der Waals surface area contributed by atoms with Gasteiger partial charge in [0.25, 0.3) is 0 Å². The lowest BCUT2D eigenvalue weighted by molar-refractivity contribution is 0.487. The first-order valence-corrected chi connectivity index (χ1v) is 7.70. The standard InChI is InChI=1S/C14H22N4S/c1-5-15-13(8-12-9-19-11(4)16-12)14-7-10(3)17-18(14)6-2/h7,9,13,15H,5-6,8H2,1-4H3. The van der Waals surface area contributed by atoms with Crippen LogP contribution in [0.25, 0.3) is 0 Å². The Bertz CT molecular complexity index is 529. The Morgan fingerprint density at radius 1 is 1.37 bits per heavy atom. The van der Waals surface area contributed by atoms with E-state index in [0.717, 1.165) is 35.9 Å². The molecule has 5 heteroatoms. The molecular weight excluding hydrogens is 256 g/mol. The van der Waals surface area contributed by atoms with E-state index in [0.29, 0.717) is 0 Å². The van der Waals surface area contributed by atoms with Crippen LogP contribution in [0.4, 0.5) is 0 Å². The number of nitrogens with one attached hydrogen (secondary N) is 1. The minimum Gasteiger partial charge on any atom is -0.309 e. The molecule has 0 saturated carbocycles. The number of thiazole rings is 1. The molecule has 0 aliphatic rings. The number of rotatable bonds is 6. The summed E-state index contributed by atoms with van der Waals surface area (Å²) in [6.45, 7) is 10.2. The second kappa shape index (κ2) is 6.30. The fourth-order valence-electron chi connectivity index (χ4n) is 2.34. The SMILES string of the molecule is CCNC(Cc1csc(C)n1)c1cc(C)nn1CC. The van der Waals surface area contributed by atoms with E-state index in [1.54, 1.807) is 11.3 Å². The summed E-state index contributed by atoms with van der Waals surface area (Å²) in [5.74, 6) is 0. The normalized spacial score (nSPS) is 12.8. The highest BCUT2D eigenvalue weighted by molar-refractivity contribution is 7.09. The summed E-state index contributed by atoms with van der Waals surface area (Å²) in [5, 5.41) is 11.4. The number of hydrogen-bond donors (Lipinski definition) is 1. The fraction of sp³-hybridized carbons (Fsp3) is 0.571. The van der Waals surface area contributed by atoms with Gasteiger partial charge >= 0.3 is 0 Å². The zero-order chi connectivity index (χ0) is 13.8. The molecule has 0 aliphatic heterocycles. The molecule has 104 valence electrons. The molecule has 4 nitrogen and oxygen atoms in total. The van der Waals surface area contributed by atoms with Crippen LogP contribution < -0.4 is 5.32 Å². The largest absolute Gasteiger partial charge is 0.309 e. The maximum atomic E-state index is 4.57. The zero-order valence-electron chi connectivity index (χ0n) is 12.1. The van der Waals surface area contributed by atoms with Crippen LogP contribution in [-0.4, -0.2) is 21.3 Å². The van der Waals surface area contributed by atoms with Crippen molar-refractivity contribution in [1.82, 2.24) is 20.1 Å². The molecule has 19 heavy (non-hydrogen) atoms. The van der Waals surface area contributed by atoms with E-state index >= 15 is 0 Å². The van der Waals surface area contributed by atoms with Gasteiger partial charge in [-0.1, -0.05) is 6.92 Å². The van der Waals surface area contributed by atoms with Crippen LogP contribution in [-0.2, 0) is 13.0 Å². The first-order valence-electron chi connectivity index (χ1n) is 6.82. The van der Waals surface area contributed by atoms with Gasteiger partial charge in [-0.05, 0) is 33.4 Å². The maximum Gasteiger partial charge on any atom is 0.0897 e. The number of likely N-dealkylation sites (N-methyl/N-ethyl adjacent to an activating group) is 1. The van der Waals surface area contributed by atoms with Gasteiger partial charge in [-0.3, -0.25) is 4.68 Å². The minimum atomic E-state index is 0.285. The van der Waals surface area contributed by atoms with Gasteiger partial charge in [0.1, 0.15) is 0 Å². The van der Waals surface area contributed by atoms with Crippen molar-refractivity contribution in [3.05, 3.63) is 33.5 Å². The monoisotopic (exact) mass is 278 g/mol. The van der Waals surface area contributed by atoms with Crippen LogP contribution in [0.15, 0.2) is 11.4 Å². The number of nitrogens with zero attached hydrogens (tertiary/aromatic N) is 3. The van der Waals surface area contributed by atoms with E-state index in [4.69, 9.17) is 0 Å². The lowest BCUT2D eigenvalue weighted by Crippen LogP contribution is -2.25. The Morgan fingerprint density at radius 2 is 2.16 bits per heavy atom. The summed E-state index contributed by atoms with van der Waals surface area (Å²) in [5.41, 5.74) is 3.50. The molecule has 0 spiro atoms. The van der Waals surface area contributed by atoms with Crippen LogP contribution in [0.1, 0.15) is 42.0 Å². The molecule has 0 bridgehead atoms. The molecule has 0 aliphatic carbocycles. The second-order valence-electron chi connectivity index (χ2n) is 4.70. The molecule has 1 N–H and O–H groups in total. The van der Waals surface area contributed by atoms with Crippen molar-refractivity contribution in [2.24, 2.45) is 0 Å². The van der Waals surface area contributed by atoms with Gasteiger partial charge in [-0.25, -0.2) is 4.98 Å². The molecule has 1 unspecified atom stereocenters. The molecule has 2 aromatic heterocycles. The van der Waals surface area contributed by atoms with E-state index in [1.165, 1.54) is 5.69 Å². The summed E-state index contributed by atoms with van der Waals surface area (Å²) in [6.07, 6.45) is 0.920. The average Bonchev–Trinajstić information content (AvgIpc) is 2.94. The second-order valence-corrected chi connectivity index (χ2v) is 5.76. The smallest absolute Gasteiger partial charge is 0.0897 e. The van der Waals surface area contributed by atoms with Gasteiger partial charge < -0.3 is 5.32 Å². The van der Waals surface area contributed by atoms with Crippen molar-refractivity contribution < 1.29 is 0 Å². The first-order chi connectivity index (χ1) is 9.13. The highest BCUT2D eigenvalue weighted by atomic mass is 32.1. The number of aryl methyl sites for hydroxylation is 3. The molecule has 1 atom stereocenters. The Kier molecular flexibility index (Phi) is 4.71. The van der Waals surface area contributed by atoms with Crippen LogP contribution in [0, 0.1) is 13.8 Å². The quantitative estimate of drug-likeness (QED) is 0.883. The van der Waals surface area contributed by atoms with Gasteiger partial charge in [0, 0.05) is 18.3 Å². The van der Waals surface area contributed by atoms with E-state index < -0.39 is 0 Å². The van der Waals surface area contributed by atoms with Crippen molar-refractivity contribution >= 4 is 11.3 Å². The van der Waals surface area contributed by atoms with Crippen molar-refractivity contribution in [1.29, 1.82) is 0 Å². The Labute approximate surface area is 118 Å². The van der Waals surface area contributed by atoms with Crippen LogP contribution in [0.3, 0.4) is 0 Å². The molecule has 0 saturated heterocycles. The Balaban J connectivity index is 2.23. The van der Waals surface area contributed by atoms with Gasteiger partial charge in [0.05, 0.1) is 28.1 Å². The summed E-state index contributed by atoms with van der Waals surface area (Å²) in [4.78, 5) is 4.57. The predicted molar refractivity (Wildman–Crippen MR) is 79.6 cm³/mol. The Morgan fingerprint density at radius 3 is 2.74 bits per heavy atom. The van der Waals surface area contributed by atoms with Gasteiger partial charge in [0.15, 0.2) is 0 Å². The lowest BCUT2D eigenvalue weighted by atomic mass is 10.1. The topological polar surface area (TPSA) is 42.7 Å². The number of hydrogen-bond acceptors (Lipinski definition) is 4. The minimum absolute atomic E-state index is 0.285. The van der Waals surface area contributed by atoms with E-state index in [2.05, 4.69) is 52.3 Å². The number of aromatic nitrogens is 3. The molecular formula is C14H22N4S. The summed E-state index contributed by atoms with van der Waals surface area (Å²) < 4.78 is 2.09. The third-order valence-corrected chi connectivity index (χ3v) is 3.94.